The average molecular weight is 220 g/mol. The van der Waals surface area contributed by atoms with E-state index in [-0.39, 0.29) is 11.5 Å². The first-order valence-electron chi connectivity index (χ1n) is 6.45. The lowest BCUT2D eigenvalue weighted by molar-refractivity contribution is -0.0356. The summed E-state index contributed by atoms with van der Waals surface area (Å²) in [4.78, 5) is 0. The minimum atomic E-state index is -0.146. The van der Waals surface area contributed by atoms with Gasteiger partial charge in [0.25, 0.3) is 0 Å². The Labute approximate surface area is 99.3 Å². The van der Waals surface area contributed by atoms with Crippen molar-refractivity contribution in [2.24, 2.45) is 17.3 Å². The van der Waals surface area contributed by atoms with E-state index in [0.717, 1.165) is 12.8 Å². The first kappa shape index (κ1) is 11.9. The number of fused-ring (bicyclic) bond motifs is 1. The predicted octanol–water partition coefficient (Wildman–Crippen LogP) is 3.70. The van der Waals surface area contributed by atoms with Gasteiger partial charge in [-0.3, -0.25) is 0 Å². The third-order valence-corrected chi connectivity index (χ3v) is 5.02. The number of aliphatic hydroxyl groups is 1. The second-order valence-corrected chi connectivity index (χ2v) is 6.08. The highest BCUT2D eigenvalue weighted by Crippen LogP contribution is 2.52. The predicted molar refractivity (Wildman–Crippen MR) is 68.1 cm³/mol. The maximum Gasteiger partial charge on any atom is 0.0633 e. The third kappa shape index (κ3) is 1.75. The Hall–Kier alpha value is -0.560. The van der Waals surface area contributed by atoms with Crippen LogP contribution in [-0.2, 0) is 0 Å². The van der Waals surface area contributed by atoms with Crippen LogP contribution in [0.25, 0.3) is 0 Å². The molecule has 1 nitrogen and oxygen atoms in total. The van der Waals surface area contributed by atoms with Crippen molar-refractivity contribution < 1.29 is 5.11 Å². The molecule has 0 heterocycles. The number of hydrogen-bond donors (Lipinski definition) is 1. The molecular formula is C15H24O. The first-order chi connectivity index (χ1) is 7.45. The number of rotatable bonds is 1. The quantitative estimate of drug-likeness (QED) is 0.668. The molecule has 1 heteroatoms. The molecule has 2 aliphatic carbocycles. The van der Waals surface area contributed by atoms with Gasteiger partial charge in [-0.25, -0.2) is 0 Å². The van der Waals surface area contributed by atoms with Gasteiger partial charge < -0.3 is 5.11 Å². The number of hydrogen-bond acceptors (Lipinski definition) is 1. The normalized spacial score (nSPS) is 43.5. The van der Waals surface area contributed by atoms with Crippen molar-refractivity contribution in [3.05, 3.63) is 23.8 Å². The van der Waals surface area contributed by atoms with Crippen LogP contribution in [0.5, 0.6) is 0 Å². The van der Waals surface area contributed by atoms with Gasteiger partial charge in [0.05, 0.1) is 6.10 Å². The molecule has 90 valence electrons. The third-order valence-electron chi connectivity index (χ3n) is 5.02. The molecule has 16 heavy (non-hydrogen) atoms. The van der Waals surface area contributed by atoms with E-state index in [1.807, 2.05) is 0 Å². The summed E-state index contributed by atoms with van der Waals surface area (Å²) in [6.45, 7) is 10.7. The Morgan fingerprint density at radius 1 is 1.56 bits per heavy atom. The average Bonchev–Trinajstić information content (AvgIpc) is 2.24. The van der Waals surface area contributed by atoms with Gasteiger partial charge in [-0.1, -0.05) is 30.7 Å². The molecule has 0 saturated heterocycles. The van der Waals surface area contributed by atoms with Crippen molar-refractivity contribution in [3.8, 4) is 0 Å². The summed E-state index contributed by atoms with van der Waals surface area (Å²) < 4.78 is 0. The van der Waals surface area contributed by atoms with Gasteiger partial charge in [0, 0.05) is 5.41 Å². The van der Waals surface area contributed by atoms with Crippen LogP contribution in [0.1, 0.15) is 46.5 Å². The van der Waals surface area contributed by atoms with E-state index in [4.69, 9.17) is 0 Å². The highest BCUT2D eigenvalue weighted by Gasteiger charge is 2.46. The Kier molecular flexibility index (Phi) is 3.00. The van der Waals surface area contributed by atoms with E-state index >= 15 is 0 Å². The molecule has 0 radical (unpaired) electrons. The van der Waals surface area contributed by atoms with Crippen LogP contribution in [0.2, 0.25) is 0 Å². The minimum Gasteiger partial charge on any atom is -0.392 e. The lowest BCUT2D eigenvalue weighted by atomic mass is 9.56. The molecule has 0 aromatic carbocycles. The van der Waals surface area contributed by atoms with Crippen LogP contribution in [0.15, 0.2) is 23.8 Å². The highest BCUT2D eigenvalue weighted by atomic mass is 16.3. The maximum absolute atomic E-state index is 10.2. The van der Waals surface area contributed by atoms with E-state index < -0.39 is 0 Å². The zero-order valence-electron chi connectivity index (χ0n) is 10.8. The van der Waals surface area contributed by atoms with Gasteiger partial charge >= 0.3 is 0 Å². The summed E-state index contributed by atoms with van der Waals surface area (Å²) in [5, 5.41) is 10.2. The molecule has 0 bridgehead atoms. The van der Waals surface area contributed by atoms with Crippen molar-refractivity contribution in [2.75, 3.05) is 0 Å². The Morgan fingerprint density at radius 2 is 2.25 bits per heavy atom. The van der Waals surface area contributed by atoms with Crippen molar-refractivity contribution >= 4 is 0 Å². The van der Waals surface area contributed by atoms with Gasteiger partial charge in [0.2, 0.25) is 0 Å². The van der Waals surface area contributed by atoms with Gasteiger partial charge in [-0.15, -0.1) is 0 Å². The highest BCUT2D eigenvalue weighted by molar-refractivity contribution is 5.19. The fourth-order valence-corrected chi connectivity index (χ4v) is 3.59. The lowest BCUT2D eigenvalue weighted by Crippen LogP contribution is -2.46. The van der Waals surface area contributed by atoms with Crippen LogP contribution < -0.4 is 0 Å². The van der Waals surface area contributed by atoms with E-state index in [0.29, 0.717) is 11.8 Å². The second-order valence-electron chi connectivity index (χ2n) is 6.08. The monoisotopic (exact) mass is 220 g/mol. The van der Waals surface area contributed by atoms with Gasteiger partial charge in [-0.05, 0) is 51.4 Å². The number of aliphatic hydroxyl groups excluding tert-OH is 1. The second kappa shape index (κ2) is 4.03. The van der Waals surface area contributed by atoms with E-state index in [1.165, 1.54) is 24.0 Å². The van der Waals surface area contributed by atoms with Crippen LogP contribution in [0, 0.1) is 17.3 Å². The van der Waals surface area contributed by atoms with Crippen LogP contribution in [-0.4, -0.2) is 11.2 Å². The fraction of sp³-hybridized carbons (Fsp3) is 0.733. The summed E-state index contributed by atoms with van der Waals surface area (Å²) in [7, 11) is 0. The SMILES string of the molecule is C=C(C)C1CC[C@@]2(C)[C@H](O)CC=C(C)[C@@H]2C1. The molecule has 0 aromatic rings. The molecule has 0 aromatic heterocycles. The molecule has 1 fully saturated rings. The summed E-state index contributed by atoms with van der Waals surface area (Å²) in [5.74, 6) is 1.22. The number of allylic oxidation sites excluding steroid dienone is 2. The fourth-order valence-electron chi connectivity index (χ4n) is 3.59. The summed E-state index contributed by atoms with van der Waals surface area (Å²) in [6, 6.07) is 0. The topological polar surface area (TPSA) is 20.2 Å². The molecular weight excluding hydrogens is 196 g/mol. The van der Waals surface area contributed by atoms with E-state index in [2.05, 4.69) is 33.4 Å². The van der Waals surface area contributed by atoms with Crippen LogP contribution >= 0.6 is 0 Å². The zero-order valence-corrected chi connectivity index (χ0v) is 10.8. The molecule has 1 N–H and O–H groups in total. The molecule has 0 spiro atoms. The minimum absolute atomic E-state index is 0.116. The van der Waals surface area contributed by atoms with Crippen molar-refractivity contribution in [2.45, 2.75) is 52.6 Å². The van der Waals surface area contributed by atoms with Gasteiger partial charge in [0.15, 0.2) is 0 Å². The van der Waals surface area contributed by atoms with Crippen molar-refractivity contribution in [3.63, 3.8) is 0 Å². The molecule has 0 aliphatic heterocycles. The maximum atomic E-state index is 10.2. The van der Waals surface area contributed by atoms with Gasteiger partial charge in [0.1, 0.15) is 0 Å². The Morgan fingerprint density at radius 3 is 2.88 bits per heavy atom. The zero-order chi connectivity index (χ0) is 11.9. The van der Waals surface area contributed by atoms with Crippen molar-refractivity contribution in [1.82, 2.24) is 0 Å². The molecule has 1 unspecified atom stereocenters. The molecule has 2 aliphatic rings. The van der Waals surface area contributed by atoms with Crippen LogP contribution in [0.3, 0.4) is 0 Å². The van der Waals surface area contributed by atoms with Crippen molar-refractivity contribution in [1.29, 1.82) is 0 Å². The Bertz CT molecular complexity index is 328. The first-order valence-corrected chi connectivity index (χ1v) is 6.45. The molecule has 2 rings (SSSR count). The van der Waals surface area contributed by atoms with Gasteiger partial charge in [-0.2, -0.15) is 0 Å². The molecule has 4 atom stereocenters. The lowest BCUT2D eigenvalue weighted by Gasteiger charge is -2.50. The molecule has 0 amide bonds. The summed E-state index contributed by atoms with van der Waals surface area (Å²) in [6.07, 6.45) is 6.46. The largest absolute Gasteiger partial charge is 0.392 e. The van der Waals surface area contributed by atoms with E-state index in [9.17, 15) is 5.11 Å². The summed E-state index contributed by atoms with van der Waals surface area (Å²) >= 11 is 0. The summed E-state index contributed by atoms with van der Waals surface area (Å²) in [5.41, 5.74) is 2.92. The molecule has 1 saturated carbocycles. The van der Waals surface area contributed by atoms with E-state index in [1.54, 1.807) is 0 Å². The smallest absolute Gasteiger partial charge is 0.0633 e. The van der Waals surface area contributed by atoms with Crippen LogP contribution in [0.4, 0.5) is 0 Å². The standard InChI is InChI=1S/C15H24O/c1-10(2)12-7-8-15(4)13(9-12)11(3)5-6-14(15)16/h5,12-14,16H,1,6-9H2,2-4H3/t12?,13-,14+,15+/m0/s1. The Balaban J connectivity index is 2.25.